The molecule has 1 amide bonds. The Hall–Kier alpha value is -2.15. The van der Waals surface area contributed by atoms with Crippen molar-refractivity contribution in [1.82, 2.24) is 0 Å². The number of aryl methyl sites for hydroxylation is 1. The molecule has 0 heterocycles. The number of hydrogen-bond donors (Lipinski definition) is 2. The molecular formula is C14H19N3O3S. The van der Waals surface area contributed by atoms with Crippen molar-refractivity contribution in [2.75, 3.05) is 6.26 Å². The Morgan fingerprint density at radius 3 is 2.52 bits per heavy atom. The molecule has 0 spiro atoms. The number of sulfone groups is 1. The highest BCUT2D eigenvalue weighted by atomic mass is 32.2. The second kappa shape index (κ2) is 7.03. The van der Waals surface area contributed by atoms with E-state index < -0.39 is 15.7 Å². The molecule has 21 heavy (non-hydrogen) atoms. The standard InChI is InChI=1S/C14H19N3O3S/c1-3-4-5-6-10-7-8-11(13(18)17-14(15)16)9-12(10)21(2,19)20/h3-4,7-9H,5-6H2,1-2H3,(H4,15,16,17,18). The maximum atomic E-state index is 11.9. The average Bonchev–Trinajstić information content (AvgIpc) is 2.37. The van der Waals surface area contributed by atoms with Crippen LogP contribution in [0.25, 0.3) is 0 Å². The van der Waals surface area contributed by atoms with Gasteiger partial charge in [0.2, 0.25) is 0 Å². The van der Waals surface area contributed by atoms with Crippen LogP contribution < -0.4 is 11.5 Å². The molecular weight excluding hydrogens is 290 g/mol. The van der Waals surface area contributed by atoms with Crippen LogP contribution in [-0.4, -0.2) is 26.5 Å². The Kier molecular flexibility index (Phi) is 5.66. The number of nitrogens with two attached hydrogens (primary N) is 2. The lowest BCUT2D eigenvalue weighted by Crippen LogP contribution is -2.24. The van der Waals surface area contributed by atoms with Gasteiger partial charge in [0.1, 0.15) is 0 Å². The third kappa shape index (κ3) is 5.03. The Balaban J connectivity index is 3.25. The van der Waals surface area contributed by atoms with E-state index in [2.05, 4.69) is 4.99 Å². The minimum Gasteiger partial charge on any atom is -0.370 e. The van der Waals surface area contributed by atoms with Crippen molar-refractivity contribution in [3.05, 3.63) is 41.5 Å². The molecule has 1 aromatic rings. The lowest BCUT2D eigenvalue weighted by molar-refractivity contribution is 0.100. The highest BCUT2D eigenvalue weighted by molar-refractivity contribution is 7.90. The van der Waals surface area contributed by atoms with E-state index >= 15 is 0 Å². The number of nitrogens with zero attached hydrogens (tertiary/aromatic N) is 1. The van der Waals surface area contributed by atoms with Crippen LogP contribution in [0.3, 0.4) is 0 Å². The Bertz CT molecular complexity index is 687. The van der Waals surface area contributed by atoms with Crippen LogP contribution in [0.15, 0.2) is 40.2 Å². The van der Waals surface area contributed by atoms with Gasteiger partial charge in [0.25, 0.3) is 5.91 Å². The first-order valence-corrected chi connectivity index (χ1v) is 8.23. The molecule has 0 atom stereocenters. The molecule has 0 saturated carbocycles. The van der Waals surface area contributed by atoms with Crippen molar-refractivity contribution in [2.24, 2.45) is 16.5 Å². The largest absolute Gasteiger partial charge is 0.370 e. The smallest absolute Gasteiger partial charge is 0.280 e. The fourth-order valence-electron chi connectivity index (χ4n) is 1.83. The summed E-state index contributed by atoms with van der Waals surface area (Å²) < 4.78 is 23.7. The monoisotopic (exact) mass is 309 g/mol. The SMILES string of the molecule is CC=CCCc1ccc(C(=O)N=C(N)N)cc1S(C)(=O)=O. The van der Waals surface area contributed by atoms with Crippen LogP contribution in [0.5, 0.6) is 0 Å². The summed E-state index contributed by atoms with van der Waals surface area (Å²) in [5.74, 6) is -1.03. The van der Waals surface area contributed by atoms with Crippen molar-refractivity contribution in [2.45, 2.75) is 24.7 Å². The molecule has 0 fully saturated rings. The first kappa shape index (κ1) is 16.9. The van der Waals surface area contributed by atoms with E-state index in [4.69, 9.17) is 11.5 Å². The number of guanidine groups is 1. The van der Waals surface area contributed by atoms with E-state index in [1.165, 1.54) is 12.1 Å². The molecule has 0 aliphatic rings. The third-order valence-corrected chi connectivity index (χ3v) is 3.94. The Labute approximate surface area is 124 Å². The maximum Gasteiger partial charge on any atom is 0.280 e. The topological polar surface area (TPSA) is 116 Å². The first-order valence-electron chi connectivity index (χ1n) is 6.33. The second-order valence-electron chi connectivity index (χ2n) is 4.54. The zero-order valence-corrected chi connectivity index (χ0v) is 12.9. The maximum absolute atomic E-state index is 11.9. The molecule has 7 heteroatoms. The van der Waals surface area contributed by atoms with Crippen molar-refractivity contribution < 1.29 is 13.2 Å². The van der Waals surface area contributed by atoms with Crippen LogP contribution >= 0.6 is 0 Å². The van der Waals surface area contributed by atoms with Gasteiger partial charge < -0.3 is 11.5 Å². The number of benzene rings is 1. The third-order valence-electron chi connectivity index (χ3n) is 2.76. The molecule has 1 rings (SSSR count). The fraction of sp³-hybridized carbons (Fsp3) is 0.286. The van der Waals surface area contributed by atoms with Crippen LogP contribution in [0, 0.1) is 0 Å². The van der Waals surface area contributed by atoms with E-state index in [9.17, 15) is 13.2 Å². The Morgan fingerprint density at radius 1 is 1.33 bits per heavy atom. The van der Waals surface area contributed by atoms with Gasteiger partial charge in [0, 0.05) is 11.8 Å². The van der Waals surface area contributed by atoms with Crippen LogP contribution in [0.2, 0.25) is 0 Å². The fourth-order valence-corrected chi connectivity index (χ4v) is 2.81. The molecule has 0 aliphatic heterocycles. The molecule has 0 aliphatic carbocycles. The summed E-state index contributed by atoms with van der Waals surface area (Å²) in [5.41, 5.74) is 11.1. The van der Waals surface area contributed by atoms with E-state index in [1.54, 1.807) is 6.07 Å². The normalized spacial score (nSPS) is 11.5. The quantitative estimate of drug-likeness (QED) is 0.478. The number of hydrogen-bond acceptors (Lipinski definition) is 3. The number of aliphatic imine (C=N–C) groups is 1. The van der Waals surface area contributed by atoms with Gasteiger partial charge >= 0.3 is 0 Å². The lowest BCUT2D eigenvalue weighted by atomic mass is 10.1. The van der Waals surface area contributed by atoms with Crippen molar-refractivity contribution in [3.8, 4) is 0 Å². The van der Waals surface area contributed by atoms with Gasteiger partial charge in [-0.05, 0) is 37.5 Å². The summed E-state index contributed by atoms with van der Waals surface area (Å²) in [4.78, 5) is 15.3. The second-order valence-corrected chi connectivity index (χ2v) is 6.53. The molecule has 0 aromatic heterocycles. The first-order chi connectivity index (χ1) is 9.75. The number of carbonyl (C=O) groups excluding carboxylic acids is 1. The van der Waals surface area contributed by atoms with Crippen LogP contribution in [0.4, 0.5) is 0 Å². The molecule has 114 valence electrons. The van der Waals surface area contributed by atoms with Gasteiger partial charge in [0.15, 0.2) is 15.8 Å². The molecule has 0 unspecified atom stereocenters. The van der Waals surface area contributed by atoms with E-state index in [0.717, 1.165) is 12.7 Å². The predicted octanol–water partition coefficient (Wildman–Crippen LogP) is 1.01. The number of rotatable bonds is 5. The van der Waals surface area contributed by atoms with E-state index in [0.29, 0.717) is 12.0 Å². The minimum absolute atomic E-state index is 0.128. The minimum atomic E-state index is -3.44. The molecule has 6 nitrogen and oxygen atoms in total. The molecule has 1 aromatic carbocycles. The summed E-state index contributed by atoms with van der Waals surface area (Å²) in [7, 11) is -3.44. The van der Waals surface area contributed by atoms with E-state index in [1.807, 2.05) is 19.1 Å². The molecule has 0 radical (unpaired) electrons. The molecule has 0 bridgehead atoms. The van der Waals surface area contributed by atoms with Crippen molar-refractivity contribution in [1.29, 1.82) is 0 Å². The number of allylic oxidation sites excluding steroid dienone is 2. The number of amides is 1. The average molecular weight is 309 g/mol. The van der Waals surface area contributed by atoms with Gasteiger partial charge in [0.05, 0.1) is 4.90 Å². The molecule has 4 N–H and O–H groups in total. The van der Waals surface area contributed by atoms with Gasteiger partial charge in [-0.25, -0.2) is 8.42 Å². The molecule has 0 saturated heterocycles. The van der Waals surface area contributed by atoms with Gasteiger partial charge in [-0.15, -0.1) is 0 Å². The van der Waals surface area contributed by atoms with Crippen molar-refractivity contribution in [3.63, 3.8) is 0 Å². The summed E-state index contributed by atoms with van der Waals surface area (Å²) in [5, 5.41) is 0. The van der Waals surface area contributed by atoms with Gasteiger partial charge in [-0.3, -0.25) is 4.79 Å². The summed E-state index contributed by atoms with van der Waals surface area (Å²) in [6.07, 6.45) is 6.25. The van der Waals surface area contributed by atoms with Gasteiger partial charge in [-0.2, -0.15) is 4.99 Å². The van der Waals surface area contributed by atoms with E-state index in [-0.39, 0.29) is 16.4 Å². The summed E-state index contributed by atoms with van der Waals surface area (Å²) in [6.45, 7) is 1.90. The zero-order valence-electron chi connectivity index (χ0n) is 12.0. The highest BCUT2D eigenvalue weighted by Crippen LogP contribution is 2.20. The summed E-state index contributed by atoms with van der Waals surface area (Å²) in [6, 6.07) is 4.46. The van der Waals surface area contributed by atoms with Crippen molar-refractivity contribution >= 4 is 21.7 Å². The van der Waals surface area contributed by atoms with Crippen LogP contribution in [-0.2, 0) is 16.3 Å². The zero-order chi connectivity index (χ0) is 16.0. The lowest BCUT2D eigenvalue weighted by Gasteiger charge is -2.08. The highest BCUT2D eigenvalue weighted by Gasteiger charge is 2.16. The van der Waals surface area contributed by atoms with Crippen LogP contribution in [0.1, 0.15) is 29.3 Å². The van der Waals surface area contributed by atoms with Gasteiger partial charge in [-0.1, -0.05) is 18.2 Å². The predicted molar refractivity (Wildman–Crippen MR) is 82.8 cm³/mol. The summed E-state index contributed by atoms with van der Waals surface area (Å²) >= 11 is 0. The Morgan fingerprint density at radius 2 is 2.00 bits per heavy atom. The number of carbonyl (C=O) groups is 1.